The van der Waals surface area contributed by atoms with E-state index in [1.54, 1.807) is 0 Å². The smallest absolute Gasteiger partial charge is 0.192 e. The Morgan fingerprint density at radius 1 is 1.10 bits per heavy atom. The van der Waals surface area contributed by atoms with Crippen LogP contribution < -0.4 is 5.32 Å². The van der Waals surface area contributed by atoms with Crippen LogP contribution in [-0.2, 0) is 11.0 Å². The van der Waals surface area contributed by atoms with E-state index in [0.29, 0.717) is 0 Å². The second kappa shape index (κ2) is 7.77. The molecule has 0 radical (unpaired) electrons. The van der Waals surface area contributed by atoms with Gasteiger partial charge in [-0.15, -0.1) is 0 Å². The third kappa shape index (κ3) is 6.03. The van der Waals surface area contributed by atoms with Crippen LogP contribution >= 0.6 is 0 Å². The van der Waals surface area contributed by atoms with Crippen molar-refractivity contribution in [3.8, 4) is 0 Å². The molecule has 0 aliphatic rings. The van der Waals surface area contributed by atoms with E-state index in [0.717, 1.165) is 19.7 Å². The van der Waals surface area contributed by atoms with E-state index in [-0.39, 0.29) is 5.04 Å². The summed E-state index contributed by atoms with van der Waals surface area (Å²) >= 11 is 0. The number of benzene rings is 1. The highest BCUT2D eigenvalue weighted by atomic mass is 28.4. The van der Waals surface area contributed by atoms with Gasteiger partial charge >= 0.3 is 0 Å². The normalized spacial score (nSPS) is 13.1. The Bertz CT molecular complexity index is 407. The van der Waals surface area contributed by atoms with Gasteiger partial charge in [-0.3, -0.25) is 0 Å². The molecule has 0 unspecified atom stereocenters. The Kier molecular flexibility index (Phi) is 6.66. The molecule has 0 saturated carbocycles. The highest BCUT2D eigenvalue weighted by molar-refractivity contribution is 6.74. The van der Waals surface area contributed by atoms with E-state index in [9.17, 15) is 0 Å². The summed E-state index contributed by atoms with van der Waals surface area (Å²) < 4.78 is 6.08. The first-order valence-electron chi connectivity index (χ1n) is 7.36. The van der Waals surface area contributed by atoms with Crippen molar-refractivity contribution in [1.29, 1.82) is 0 Å². The molecule has 0 spiro atoms. The van der Waals surface area contributed by atoms with Crippen molar-refractivity contribution in [2.75, 3.05) is 13.2 Å². The van der Waals surface area contributed by atoms with Crippen LogP contribution in [0.4, 0.5) is 0 Å². The van der Waals surface area contributed by atoms with Gasteiger partial charge in [0.25, 0.3) is 0 Å². The van der Waals surface area contributed by atoms with Crippen LogP contribution in [0.2, 0.25) is 18.1 Å². The van der Waals surface area contributed by atoms with E-state index >= 15 is 0 Å². The van der Waals surface area contributed by atoms with E-state index in [1.165, 1.54) is 5.56 Å². The predicted molar refractivity (Wildman–Crippen MR) is 90.4 cm³/mol. The molecule has 3 heteroatoms. The monoisotopic (exact) mass is 291 g/mol. The number of rotatable bonds is 7. The summed E-state index contributed by atoms with van der Waals surface area (Å²) in [6.07, 6.45) is 4.27. The summed E-state index contributed by atoms with van der Waals surface area (Å²) in [4.78, 5) is 0. The van der Waals surface area contributed by atoms with Gasteiger partial charge in [-0.2, -0.15) is 0 Å². The molecule has 0 fully saturated rings. The molecule has 0 bridgehead atoms. The van der Waals surface area contributed by atoms with Crippen LogP contribution in [0.15, 0.2) is 42.5 Å². The first-order chi connectivity index (χ1) is 9.33. The van der Waals surface area contributed by atoms with Crippen LogP contribution in [-0.4, -0.2) is 21.5 Å². The highest BCUT2D eigenvalue weighted by Gasteiger charge is 2.36. The summed E-state index contributed by atoms with van der Waals surface area (Å²) in [5.74, 6) is 0. The van der Waals surface area contributed by atoms with Gasteiger partial charge in [0.05, 0.1) is 6.61 Å². The second-order valence-corrected chi connectivity index (χ2v) is 11.5. The Balaban J connectivity index is 2.17. The molecule has 1 rings (SSSR count). The fourth-order valence-corrected chi connectivity index (χ4v) is 2.47. The van der Waals surface area contributed by atoms with Crippen molar-refractivity contribution < 1.29 is 4.43 Å². The number of hydrogen-bond acceptors (Lipinski definition) is 2. The molecule has 20 heavy (non-hydrogen) atoms. The minimum Gasteiger partial charge on any atom is -0.413 e. The predicted octanol–water partition coefficient (Wildman–Crippen LogP) is 4.35. The maximum atomic E-state index is 6.08. The zero-order valence-corrected chi connectivity index (χ0v) is 14.6. The van der Waals surface area contributed by atoms with Crippen molar-refractivity contribution in [1.82, 2.24) is 5.32 Å². The third-order valence-corrected chi connectivity index (χ3v) is 8.45. The lowest BCUT2D eigenvalue weighted by atomic mass is 10.2. The molecule has 112 valence electrons. The van der Waals surface area contributed by atoms with Gasteiger partial charge in [-0.1, -0.05) is 63.3 Å². The minimum atomic E-state index is -1.60. The summed E-state index contributed by atoms with van der Waals surface area (Å²) in [6, 6.07) is 10.5. The lowest BCUT2D eigenvalue weighted by Gasteiger charge is -2.35. The van der Waals surface area contributed by atoms with Crippen LogP contribution in [0.25, 0.3) is 0 Å². The quantitative estimate of drug-likeness (QED) is 0.458. The molecule has 0 aliphatic heterocycles. The molecule has 2 nitrogen and oxygen atoms in total. The Morgan fingerprint density at radius 2 is 1.75 bits per heavy atom. The average Bonchev–Trinajstić information content (AvgIpc) is 2.37. The molecular weight excluding hydrogens is 262 g/mol. The first-order valence-corrected chi connectivity index (χ1v) is 10.3. The largest absolute Gasteiger partial charge is 0.413 e. The van der Waals surface area contributed by atoms with Gasteiger partial charge in [0.1, 0.15) is 0 Å². The zero-order valence-electron chi connectivity index (χ0n) is 13.6. The fraction of sp³-hybridized carbons (Fsp3) is 0.529. The molecule has 1 aromatic rings. The minimum absolute atomic E-state index is 0.284. The van der Waals surface area contributed by atoms with Gasteiger partial charge in [0, 0.05) is 13.1 Å². The molecule has 0 heterocycles. The number of nitrogens with one attached hydrogen (secondary N) is 1. The zero-order chi connectivity index (χ0) is 15.1. The van der Waals surface area contributed by atoms with Gasteiger partial charge in [-0.25, -0.2) is 0 Å². The summed E-state index contributed by atoms with van der Waals surface area (Å²) in [6.45, 7) is 13.9. The molecule has 0 saturated heterocycles. The Labute approximate surface area is 125 Å². The molecular formula is C17H29NOSi. The molecule has 1 N–H and O–H groups in total. The lowest BCUT2D eigenvalue weighted by molar-refractivity contribution is 0.327. The van der Waals surface area contributed by atoms with Gasteiger partial charge in [0.2, 0.25) is 0 Å². The van der Waals surface area contributed by atoms with E-state index in [1.807, 2.05) is 6.07 Å². The van der Waals surface area contributed by atoms with Crippen LogP contribution in [0.1, 0.15) is 26.3 Å². The van der Waals surface area contributed by atoms with Gasteiger partial charge < -0.3 is 9.74 Å². The van der Waals surface area contributed by atoms with Crippen molar-refractivity contribution in [3.63, 3.8) is 0 Å². The van der Waals surface area contributed by atoms with Crippen molar-refractivity contribution >= 4 is 8.32 Å². The third-order valence-electron chi connectivity index (χ3n) is 3.95. The maximum Gasteiger partial charge on any atom is 0.192 e. The van der Waals surface area contributed by atoms with Crippen LogP contribution in [0.3, 0.4) is 0 Å². The van der Waals surface area contributed by atoms with E-state index in [4.69, 9.17) is 4.43 Å². The molecule has 0 aliphatic carbocycles. The van der Waals surface area contributed by atoms with Crippen LogP contribution in [0, 0.1) is 0 Å². The second-order valence-electron chi connectivity index (χ2n) is 6.66. The standard InChI is InChI=1S/C17H29NOSi/c1-17(2,3)20(4,5)19-14-10-9-13-18-15-16-11-7-6-8-12-16/h6-12,18H,13-15H2,1-5H3/b10-9+. The first kappa shape index (κ1) is 17.1. The van der Waals surface area contributed by atoms with Crippen LogP contribution in [0.5, 0.6) is 0 Å². The highest BCUT2D eigenvalue weighted by Crippen LogP contribution is 2.36. The summed E-state index contributed by atoms with van der Waals surface area (Å²) in [5.41, 5.74) is 1.32. The Hall–Kier alpha value is -0.903. The van der Waals surface area contributed by atoms with E-state index < -0.39 is 8.32 Å². The average molecular weight is 292 g/mol. The molecule has 1 aromatic carbocycles. The summed E-state index contributed by atoms with van der Waals surface area (Å²) in [7, 11) is -1.60. The molecule has 0 aromatic heterocycles. The molecule has 0 atom stereocenters. The Morgan fingerprint density at radius 3 is 2.35 bits per heavy atom. The fourth-order valence-electron chi connectivity index (χ4n) is 1.52. The topological polar surface area (TPSA) is 21.3 Å². The SMILES string of the molecule is CC(C)(C)[Si](C)(C)OC/C=C/CNCc1ccccc1. The van der Waals surface area contributed by atoms with E-state index in [2.05, 4.69) is 75.6 Å². The summed E-state index contributed by atoms with van der Waals surface area (Å²) in [5, 5.41) is 3.68. The van der Waals surface area contributed by atoms with Crippen molar-refractivity contribution in [2.24, 2.45) is 0 Å². The molecule has 0 amide bonds. The van der Waals surface area contributed by atoms with Crippen molar-refractivity contribution in [2.45, 2.75) is 45.4 Å². The van der Waals surface area contributed by atoms with Crippen molar-refractivity contribution in [3.05, 3.63) is 48.0 Å². The van der Waals surface area contributed by atoms with Gasteiger partial charge in [-0.05, 0) is 23.7 Å². The van der Waals surface area contributed by atoms with Gasteiger partial charge in [0.15, 0.2) is 8.32 Å². The lowest BCUT2D eigenvalue weighted by Crippen LogP contribution is -2.40. The number of hydrogen-bond donors (Lipinski definition) is 1. The maximum absolute atomic E-state index is 6.08.